The Kier molecular flexibility index (Phi) is 6.04. The minimum Gasteiger partial charge on any atom is -0.308 e. The van der Waals surface area contributed by atoms with Gasteiger partial charge < -0.3 is 4.90 Å². The summed E-state index contributed by atoms with van der Waals surface area (Å²) >= 11 is 1.91. The first-order valence-corrected chi connectivity index (χ1v) is 16.3. The van der Waals surface area contributed by atoms with Gasteiger partial charge >= 0.3 is 0 Å². The van der Waals surface area contributed by atoms with Gasteiger partial charge in [-0.25, -0.2) is 0 Å². The lowest BCUT2D eigenvalue weighted by Gasteiger charge is -2.38. The summed E-state index contributed by atoms with van der Waals surface area (Å²) in [6, 6.07) is 64.4. The molecule has 212 valence electrons. The zero-order chi connectivity index (χ0) is 29.8. The van der Waals surface area contributed by atoms with E-state index in [0.29, 0.717) is 0 Å². The van der Waals surface area contributed by atoms with Crippen LogP contribution in [0.25, 0.3) is 22.3 Å². The fourth-order valence-corrected chi connectivity index (χ4v) is 8.76. The zero-order valence-corrected chi connectivity index (χ0v) is 25.4. The highest BCUT2D eigenvalue weighted by atomic mass is 32.2. The van der Waals surface area contributed by atoms with Crippen molar-refractivity contribution in [2.24, 2.45) is 0 Å². The van der Waals surface area contributed by atoms with Gasteiger partial charge in [-0.2, -0.15) is 0 Å². The van der Waals surface area contributed by atoms with Gasteiger partial charge in [-0.3, -0.25) is 0 Å². The van der Waals surface area contributed by atoms with Gasteiger partial charge in [0.25, 0.3) is 0 Å². The van der Waals surface area contributed by atoms with Gasteiger partial charge in [0.05, 0.1) is 16.8 Å². The third-order valence-corrected chi connectivity index (χ3v) is 10.5. The number of hydrogen-bond acceptors (Lipinski definition) is 2. The molecule has 0 saturated carbocycles. The molecule has 0 saturated heterocycles. The van der Waals surface area contributed by atoms with E-state index < -0.39 is 5.41 Å². The summed E-state index contributed by atoms with van der Waals surface area (Å²) in [5.41, 5.74) is 13.4. The number of benzene rings is 7. The van der Waals surface area contributed by atoms with E-state index in [2.05, 4.69) is 181 Å². The maximum atomic E-state index is 2.51. The predicted molar refractivity (Wildman–Crippen MR) is 188 cm³/mol. The van der Waals surface area contributed by atoms with Crippen molar-refractivity contribution in [1.82, 2.24) is 0 Å². The summed E-state index contributed by atoms with van der Waals surface area (Å²) < 4.78 is 0. The quantitative estimate of drug-likeness (QED) is 0.200. The molecule has 2 heteroatoms. The maximum absolute atomic E-state index is 2.51. The van der Waals surface area contributed by atoms with Gasteiger partial charge in [-0.15, -0.1) is 0 Å². The van der Waals surface area contributed by atoms with Crippen molar-refractivity contribution in [2.45, 2.75) is 15.2 Å². The molecule has 0 aromatic heterocycles. The Morgan fingerprint density at radius 3 is 1.71 bits per heavy atom. The Bertz CT molecular complexity index is 2130. The van der Waals surface area contributed by atoms with Gasteiger partial charge in [-0.1, -0.05) is 157 Å². The highest BCUT2D eigenvalue weighted by Crippen LogP contribution is 2.65. The van der Waals surface area contributed by atoms with Gasteiger partial charge in [0.15, 0.2) is 0 Å². The topological polar surface area (TPSA) is 3.24 Å². The minimum absolute atomic E-state index is 0.470. The molecule has 9 rings (SSSR count). The van der Waals surface area contributed by atoms with Crippen molar-refractivity contribution in [3.8, 4) is 22.3 Å². The van der Waals surface area contributed by atoms with E-state index >= 15 is 0 Å². The molecule has 0 unspecified atom stereocenters. The van der Waals surface area contributed by atoms with Crippen LogP contribution in [0.3, 0.4) is 0 Å². The van der Waals surface area contributed by atoms with Crippen molar-refractivity contribution >= 4 is 28.8 Å². The minimum atomic E-state index is -0.470. The van der Waals surface area contributed by atoms with Crippen LogP contribution in [0.1, 0.15) is 22.3 Å². The fourth-order valence-electron chi connectivity index (χ4n) is 7.51. The van der Waals surface area contributed by atoms with Crippen LogP contribution >= 0.6 is 11.8 Å². The molecule has 0 radical (unpaired) electrons. The Morgan fingerprint density at radius 2 is 1.02 bits per heavy atom. The SMILES string of the molecule is c1ccc(-c2cc3c(c4c2N(c2ccccc2)c2ccccc2S4)-c2ccccc2C3(c2ccccc2)c2ccccc2)cc1. The van der Waals surface area contributed by atoms with Crippen molar-refractivity contribution in [2.75, 3.05) is 4.90 Å². The van der Waals surface area contributed by atoms with Crippen LogP contribution < -0.4 is 4.90 Å². The van der Waals surface area contributed by atoms with Gasteiger partial charge in [0.2, 0.25) is 0 Å². The number of nitrogens with zero attached hydrogens (tertiary/aromatic N) is 1. The number of rotatable bonds is 4. The molecule has 2 aliphatic rings. The van der Waals surface area contributed by atoms with Crippen LogP contribution in [0.15, 0.2) is 186 Å². The largest absolute Gasteiger partial charge is 0.308 e. The van der Waals surface area contributed by atoms with Crippen LogP contribution in [-0.2, 0) is 5.41 Å². The van der Waals surface area contributed by atoms with Crippen molar-refractivity contribution in [1.29, 1.82) is 0 Å². The number of para-hydroxylation sites is 2. The highest BCUT2D eigenvalue weighted by Gasteiger charge is 2.48. The molecule has 1 aliphatic carbocycles. The highest BCUT2D eigenvalue weighted by molar-refractivity contribution is 8.00. The standard InChI is InChI=1S/C43H29NS/c1-5-17-30(18-6-1)35-29-37-40(42-41(35)44(33-23-11-4-12-24-33)38-27-15-16-28-39(38)45-42)34-25-13-14-26-36(34)43(37,31-19-7-2-8-20-31)32-21-9-3-10-22-32/h1-29H. The first kappa shape index (κ1) is 26.1. The first-order chi connectivity index (χ1) is 22.4. The second kappa shape index (κ2) is 10.4. The van der Waals surface area contributed by atoms with Crippen LogP contribution in [-0.4, -0.2) is 0 Å². The molecule has 0 fully saturated rings. The van der Waals surface area contributed by atoms with E-state index in [1.165, 1.54) is 65.7 Å². The summed E-state index contributed by atoms with van der Waals surface area (Å²) in [6.45, 7) is 0. The molecule has 7 aromatic carbocycles. The Morgan fingerprint density at radius 1 is 0.467 bits per heavy atom. The van der Waals surface area contributed by atoms with E-state index in [4.69, 9.17) is 0 Å². The van der Waals surface area contributed by atoms with E-state index in [0.717, 1.165) is 5.69 Å². The van der Waals surface area contributed by atoms with Crippen molar-refractivity contribution < 1.29 is 0 Å². The van der Waals surface area contributed by atoms with E-state index in [1.54, 1.807) is 0 Å². The van der Waals surface area contributed by atoms with E-state index in [9.17, 15) is 0 Å². The van der Waals surface area contributed by atoms with Gasteiger partial charge in [0, 0.05) is 26.6 Å². The Balaban J connectivity index is 1.48. The smallest absolute Gasteiger partial charge is 0.0714 e. The molecule has 0 bridgehead atoms. The van der Waals surface area contributed by atoms with Gasteiger partial charge in [0.1, 0.15) is 0 Å². The van der Waals surface area contributed by atoms with E-state index in [-0.39, 0.29) is 0 Å². The monoisotopic (exact) mass is 591 g/mol. The Hall–Kier alpha value is -5.31. The van der Waals surface area contributed by atoms with Crippen molar-refractivity contribution in [3.05, 3.63) is 198 Å². The van der Waals surface area contributed by atoms with Gasteiger partial charge in [-0.05, 0) is 63.7 Å². The second-order valence-electron chi connectivity index (χ2n) is 11.7. The maximum Gasteiger partial charge on any atom is 0.0714 e. The summed E-state index contributed by atoms with van der Waals surface area (Å²) in [6.07, 6.45) is 0. The third kappa shape index (κ3) is 3.82. The summed E-state index contributed by atoms with van der Waals surface area (Å²) in [4.78, 5) is 5.04. The molecule has 1 nitrogen and oxygen atoms in total. The number of fused-ring (bicyclic) bond motifs is 6. The molecule has 0 N–H and O–H groups in total. The summed E-state index contributed by atoms with van der Waals surface area (Å²) in [7, 11) is 0. The molecule has 7 aromatic rings. The average molecular weight is 592 g/mol. The fraction of sp³-hybridized carbons (Fsp3) is 0.0233. The molecular formula is C43H29NS. The zero-order valence-electron chi connectivity index (χ0n) is 24.6. The number of hydrogen-bond donors (Lipinski definition) is 0. The molecule has 0 amide bonds. The lowest BCUT2D eigenvalue weighted by Crippen LogP contribution is -2.29. The molecule has 45 heavy (non-hydrogen) atoms. The molecule has 1 aliphatic heterocycles. The summed E-state index contributed by atoms with van der Waals surface area (Å²) in [5.74, 6) is 0. The van der Waals surface area contributed by atoms with E-state index in [1.807, 2.05) is 11.8 Å². The second-order valence-corrected chi connectivity index (χ2v) is 12.7. The molecule has 1 heterocycles. The van der Waals surface area contributed by atoms with Crippen LogP contribution in [0, 0.1) is 0 Å². The van der Waals surface area contributed by atoms with Crippen LogP contribution in [0.5, 0.6) is 0 Å². The Labute approximate surface area is 268 Å². The normalized spacial score (nSPS) is 13.8. The van der Waals surface area contributed by atoms with Crippen LogP contribution in [0.2, 0.25) is 0 Å². The lowest BCUT2D eigenvalue weighted by molar-refractivity contribution is 0.767. The number of anilines is 3. The predicted octanol–water partition coefficient (Wildman–Crippen LogP) is 11.7. The molecular weight excluding hydrogens is 563 g/mol. The lowest BCUT2D eigenvalue weighted by atomic mass is 9.67. The van der Waals surface area contributed by atoms with Crippen LogP contribution in [0.4, 0.5) is 17.1 Å². The third-order valence-electron chi connectivity index (χ3n) is 9.31. The average Bonchev–Trinajstić information content (AvgIpc) is 3.43. The van der Waals surface area contributed by atoms with Crippen molar-refractivity contribution in [3.63, 3.8) is 0 Å². The summed E-state index contributed by atoms with van der Waals surface area (Å²) in [5, 5.41) is 0. The molecule has 0 spiro atoms. The first-order valence-electron chi connectivity index (χ1n) is 15.5. The molecule has 0 atom stereocenters.